The van der Waals surface area contributed by atoms with Gasteiger partial charge in [0.1, 0.15) is 17.1 Å². The largest absolute Gasteiger partial charge is 0.497 e. The van der Waals surface area contributed by atoms with Crippen molar-refractivity contribution in [2.45, 2.75) is 12.3 Å². The molecule has 0 spiro atoms. The van der Waals surface area contributed by atoms with Crippen LogP contribution < -0.4 is 10.1 Å². The normalized spacial score (nSPS) is 15.6. The van der Waals surface area contributed by atoms with Crippen LogP contribution >= 0.6 is 0 Å². The highest BCUT2D eigenvalue weighted by Gasteiger charge is 2.34. The molecule has 2 aromatic carbocycles. The maximum atomic E-state index is 13.8. The van der Waals surface area contributed by atoms with Crippen LogP contribution in [-0.2, 0) is 4.79 Å². The average Bonchev–Trinajstić information content (AvgIpc) is 3.07. The van der Waals surface area contributed by atoms with Gasteiger partial charge in [-0.3, -0.25) is 4.79 Å². The molecule has 2 N–H and O–H groups in total. The number of nitrogens with zero attached hydrogens (tertiary/aromatic N) is 1. The summed E-state index contributed by atoms with van der Waals surface area (Å²) in [5.74, 6) is -1.66. The fourth-order valence-corrected chi connectivity index (χ4v) is 3.60. The Hall–Kier alpha value is -3.61. The number of nitrogens with one attached hydrogen (secondary N) is 1. The Morgan fingerprint density at radius 3 is 2.75 bits per heavy atom. The minimum atomic E-state index is -1.17. The number of carboxylic acids is 1. The number of anilines is 1. The smallest absolute Gasteiger partial charge is 0.339 e. The molecule has 0 aliphatic carbocycles. The van der Waals surface area contributed by atoms with Gasteiger partial charge in [-0.1, -0.05) is 18.2 Å². The average molecular weight is 380 g/mol. The van der Waals surface area contributed by atoms with Crippen molar-refractivity contribution in [3.63, 3.8) is 0 Å². The van der Waals surface area contributed by atoms with Crippen LogP contribution in [0.15, 0.2) is 54.7 Å². The number of benzene rings is 2. The summed E-state index contributed by atoms with van der Waals surface area (Å²) in [5, 5.41) is 12.3. The molecule has 7 heteroatoms. The van der Waals surface area contributed by atoms with Crippen LogP contribution in [0.1, 0.15) is 34.0 Å². The number of carbonyl (C=O) groups excluding carboxylic acids is 1. The minimum absolute atomic E-state index is 0.0415. The molecule has 2 heterocycles. The van der Waals surface area contributed by atoms with E-state index in [4.69, 9.17) is 4.74 Å². The van der Waals surface area contributed by atoms with Gasteiger partial charge in [-0.2, -0.15) is 0 Å². The van der Waals surface area contributed by atoms with Gasteiger partial charge in [0.05, 0.1) is 18.5 Å². The van der Waals surface area contributed by atoms with E-state index in [-0.39, 0.29) is 23.6 Å². The molecule has 0 radical (unpaired) electrons. The quantitative estimate of drug-likeness (QED) is 0.722. The van der Waals surface area contributed by atoms with Crippen LogP contribution in [0.5, 0.6) is 5.75 Å². The number of amides is 1. The molecule has 1 aliphatic heterocycles. The zero-order valence-corrected chi connectivity index (χ0v) is 15.0. The van der Waals surface area contributed by atoms with Crippen molar-refractivity contribution < 1.29 is 23.8 Å². The molecule has 0 saturated heterocycles. The van der Waals surface area contributed by atoms with Crippen molar-refractivity contribution >= 4 is 17.6 Å². The van der Waals surface area contributed by atoms with Gasteiger partial charge in [0.2, 0.25) is 5.91 Å². The van der Waals surface area contributed by atoms with Crippen LogP contribution in [0.2, 0.25) is 0 Å². The van der Waals surface area contributed by atoms with Gasteiger partial charge in [-0.15, -0.1) is 0 Å². The maximum absolute atomic E-state index is 13.8. The first-order chi connectivity index (χ1) is 13.5. The van der Waals surface area contributed by atoms with Gasteiger partial charge in [0.25, 0.3) is 0 Å². The van der Waals surface area contributed by atoms with E-state index in [0.717, 1.165) is 5.56 Å². The maximum Gasteiger partial charge on any atom is 0.339 e. The van der Waals surface area contributed by atoms with Crippen molar-refractivity contribution in [3.8, 4) is 11.4 Å². The van der Waals surface area contributed by atoms with Crippen molar-refractivity contribution in [1.29, 1.82) is 0 Å². The van der Waals surface area contributed by atoms with Gasteiger partial charge in [0.15, 0.2) is 0 Å². The SMILES string of the molecule is COc1cccc([C@H]2CC(=O)Nc3c(C(=O)O)cn(-c4cccc(F)c4)c32)c1. The van der Waals surface area contributed by atoms with E-state index in [1.165, 1.54) is 18.3 Å². The lowest BCUT2D eigenvalue weighted by molar-refractivity contribution is -0.116. The van der Waals surface area contributed by atoms with Crippen molar-refractivity contribution in [2.24, 2.45) is 0 Å². The number of rotatable bonds is 4. The lowest BCUT2D eigenvalue weighted by Gasteiger charge is -2.26. The summed E-state index contributed by atoms with van der Waals surface area (Å²) in [5.41, 5.74) is 2.08. The molecule has 142 valence electrons. The third kappa shape index (κ3) is 3.00. The first kappa shape index (κ1) is 17.8. The molecule has 6 nitrogen and oxygen atoms in total. The molecule has 4 rings (SSSR count). The number of hydrogen-bond donors (Lipinski definition) is 2. The summed E-state index contributed by atoms with van der Waals surface area (Å²) in [6.07, 6.45) is 1.55. The number of aromatic carboxylic acids is 1. The predicted molar refractivity (Wildman–Crippen MR) is 101 cm³/mol. The standard InChI is InChI=1S/C21H17FN2O4/c1-28-15-7-2-4-12(8-15)16-10-18(25)23-19-17(21(26)27)11-24(20(16)19)14-6-3-5-13(22)9-14/h2-9,11,16H,10H2,1H3,(H,23,25)(H,26,27)/t16-/m1/s1. The lowest BCUT2D eigenvalue weighted by Crippen LogP contribution is -2.25. The number of carbonyl (C=O) groups is 2. The monoisotopic (exact) mass is 380 g/mol. The van der Waals surface area contributed by atoms with Crippen LogP contribution in [0.4, 0.5) is 10.1 Å². The molecular weight excluding hydrogens is 363 g/mol. The molecule has 1 aliphatic rings. The highest BCUT2D eigenvalue weighted by Crippen LogP contribution is 2.42. The zero-order valence-electron chi connectivity index (χ0n) is 15.0. The van der Waals surface area contributed by atoms with Crippen LogP contribution in [0.3, 0.4) is 0 Å². The van der Waals surface area contributed by atoms with E-state index >= 15 is 0 Å². The Bertz CT molecular complexity index is 1090. The first-order valence-electron chi connectivity index (χ1n) is 8.66. The summed E-state index contributed by atoms with van der Waals surface area (Å²) in [6.45, 7) is 0. The third-order valence-corrected chi connectivity index (χ3v) is 4.84. The van der Waals surface area contributed by atoms with E-state index in [2.05, 4.69) is 5.32 Å². The lowest BCUT2D eigenvalue weighted by atomic mass is 9.88. The van der Waals surface area contributed by atoms with E-state index in [1.807, 2.05) is 18.2 Å². The number of halogens is 1. The number of aromatic nitrogens is 1. The molecule has 0 fully saturated rings. The van der Waals surface area contributed by atoms with Crippen molar-refractivity contribution in [1.82, 2.24) is 4.57 Å². The summed E-state index contributed by atoms with van der Waals surface area (Å²) in [7, 11) is 1.55. The van der Waals surface area contributed by atoms with E-state index < -0.39 is 17.7 Å². The van der Waals surface area contributed by atoms with Gasteiger partial charge >= 0.3 is 5.97 Å². The second-order valence-corrected chi connectivity index (χ2v) is 6.54. The number of fused-ring (bicyclic) bond motifs is 1. The van der Waals surface area contributed by atoms with E-state index in [1.54, 1.807) is 29.9 Å². The summed E-state index contributed by atoms with van der Waals surface area (Å²) in [6, 6.07) is 13.2. The molecule has 1 aromatic heterocycles. The summed E-state index contributed by atoms with van der Waals surface area (Å²) < 4.78 is 20.7. The van der Waals surface area contributed by atoms with Crippen LogP contribution in [-0.4, -0.2) is 28.7 Å². The second-order valence-electron chi connectivity index (χ2n) is 6.54. The van der Waals surface area contributed by atoms with E-state index in [9.17, 15) is 19.1 Å². The molecule has 28 heavy (non-hydrogen) atoms. The highest BCUT2D eigenvalue weighted by molar-refractivity contribution is 6.04. The Morgan fingerprint density at radius 2 is 2.04 bits per heavy atom. The number of carboxylic acid groups (broad SMARTS) is 1. The Labute approximate surface area is 160 Å². The predicted octanol–water partition coefficient (Wildman–Crippen LogP) is 3.80. The number of ether oxygens (including phenoxy) is 1. The summed E-state index contributed by atoms with van der Waals surface area (Å²) >= 11 is 0. The van der Waals surface area contributed by atoms with Gasteiger partial charge < -0.3 is 19.7 Å². The van der Waals surface area contributed by atoms with Crippen LogP contribution in [0, 0.1) is 5.82 Å². The van der Waals surface area contributed by atoms with Gasteiger partial charge in [0, 0.05) is 24.2 Å². The minimum Gasteiger partial charge on any atom is -0.497 e. The zero-order chi connectivity index (χ0) is 19.8. The Kier molecular flexibility index (Phi) is 4.35. The molecule has 3 aromatic rings. The molecule has 0 bridgehead atoms. The number of methoxy groups -OCH3 is 1. The second kappa shape index (κ2) is 6.84. The summed E-state index contributed by atoms with van der Waals surface area (Å²) in [4.78, 5) is 24.1. The first-order valence-corrected chi connectivity index (χ1v) is 8.66. The van der Waals surface area contributed by atoms with Crippen LogP contribution in [0.25, 0.3) is 5.69 Å². The van der Waals surface area contributed by atoms with Gasteiger partial charge in [-0.05, 0) is 35.9 Å². The van der Waals surface area contributed by atoms with Crippen molar-refractivity contribution in [3.05, 3.63) is 77.4 Å². The third-order valence-electron chi connectivity index (χ3n) is 4.84. The van der Waals surface area contributed by atoms with Crippen molar-refractivity contribution in [2.75, 3.05) is 12.4 Å². The fraction of sp³-hybridized carbons (Fsp3) is 0.143. The van der Waals surface area contributed by atoms with E-state index in [0.29, 0.717) is 17.1 Å². The highest BCUT2D eigenvalue weighted by atomic mass is 19.1. The van der Waals surface area contributed by atoms with Gasteiger partial charge in [-0.25, -0.2) is 9.18 Å². The fourth-order valence-electron chi connectivity index (χ4n) is 3.60. The Balaban J connectivity index is 1.97. The Morgan fingerprint density at radius 1 is 1.25 bits per heavy atom. The molecule has 0 saturated carbocycles. The molecule has 1 atom stereocenters. The number of hydrogen-bond acceptors (Lipinski definition) is 3. The molecule has 1 amide bonds. The molecule has 0 unspecified atom stereocenters. The topological polar surface area (TPSA) is 80.6 Å². The molecular formula is C21H17FN2O4.